The van der Waals surface area contributed by atoms with Gasteiger partial charge in [0.25, 0.3) is 11.8 Å². The van der Waals surface area contributed by atoms with E-state index in [1.165, 1.54) is 9.80 Å². The highest BCUT2D eigenvalue weighted by atomic mass is 79.9. The van der Waals surface area contributed by atoms with E-state index in [1.807, 2.05) is 31.2 Å². The van der Waals surface area contributed by atoms with E-state index in [4.69, 9.17) is 21.7 Å². The average Bonchev–Trinajstić information content (AvgIpc) is 2.85. The summed E-state index contributed by atoms with van der Waals surface area (Å²) in [7, 11) is 3.10. The second-order valence-electron chi connectivity index (χ2n) is 7.75. The molecule has 1 heterocycles. The molecule has 0 saturated carbocycles. The molecule has 0 radical (unpaired) electrons. The Morgan fingerprint density at radius 3 is 2.29 bits per heavy atom. The lowest BCUT2D eigenvalue weighted by atomic mass is 10.1. The molecule has 8 heteroatoms. The van der Waals surface area contributed by atoms with Crippen molar-refractivity contribution in [3.05, 3.63) is 75.8 Å². The van der Waals surface area contributed by atoms with Crippen LogP contribution in [-0.4, -0.2) is 47.4 Å². The summed E-state index contributed by atoms with van der Waals surface area (Å²) in [6, 6.07) is 17.8. The summed E-state index contributed by atoms with van der Waals surface area (Å²) < 4.78 is 12.6. The van der Waals surface area contributed by atoms with Crippen LogP contribution in [0.4, 0.5) is 0 Å². The maximum absolute atomic E-state index is 12.7. The number of rotatable bonds is 6. The molecule has 3 aromatic carbocycles. The van der Waals surface area contributed by atoms with Crippen molar-refractivity contribution in [1.29, 1.82) is 0 Å². The standard InChI is InChI=1S/C26H23BrN2O4S/c1-4-32-22-13-18(12-20-24(30)28(2)26(34)29(3)25(20)31)21(27)14-23(22)33-15-17-10-7-9-16-8-5-6-11-19(16)17/h5-14H,4,15H2,1-3H3. The van der Waals surface area contributed by atoms with Gasteiger partial charge in [0, 0.05) is 18.6 Å². The number of fused-ring (bicyclic) bond motifs is 1. The molecular weight excluding hydrogens is 516 g/mol. The Balaban J connectivity index is 1.67. The predicted octanol–water partition coefficient (Wildman–Crippen LogP) is 5.18. The summed E-state index contributed by atoms with van der Waals surface area (Å²) in [6.45, 7) is 2.67. The number of hydrogen-bond acceptors (Lipinski definition) is 5. The van der Waals surface area contributed by atoms with Crippen molar-refractivity contribution in [2.75, 3.05) is 20.7 Å². The molecule has 0 bridgehead atoms. The van der Waals surface area contributed by atoms with Crippen molar-refractivity contribution in [3.8, 4) is 11.5 Å². The van der Waals surface area contributed by atoms with E-state index in [-0.39, 0.29) is 10.7 Å². The van der Waals surface area contributed by atoms with E-state index in [0.717, 1.165) is 16.3 Å². The summed E-state index contributed by atoms with van der Waals surface area (Å²) >= 11 is 8.71. The van der Waals surface area contributed by atoms with Crippen molar-refractivity contribution in [2.24, 2.45) is 0 Å². The summed E-state index contributed by atoms with van der Waals surface area (Å²) in [6.07, 6.45) is 1.54. The lowest BCUT2D eigenvalue weighted by Crippen LogP contribution is -2.52. The van der Waals surface area contributed by atoms with Gasteiger partial charge in [0.05, 0.1) is 6.61 Å². The Morgan fingerprint density at radius 1 is 0.941 bits per heavy atom. The summed E-state index contributed by atoms with van der Waals surface area (Å²) in [4.78, 5) is 28.0. The molecule has 0 aliphatic carbocycles. The first-order chi connectivity index (χ1) is 16.3. The minimum atomic E-state index is -0.450. The SMILES string of the molecule is CCOc1cc(C=C2C(=O)N(C)C(=S)N(C)C2=O)c(Br)cc1OCc1cccc2ccccc12. The van der Waals surface area contributed by atoms with Gasteiger partial charge < -0.3 is 9.47 Å². The first-order valence-corrected chi connectivity index (χ1v) is 11.9. The Hall–Kier alpha value is -3.23. The minimum Gasteiger partial charge on any atom is -0.490 e. The Kier molecular flexibility index (Phi) is 7.00. The molecule has 0 N–H and O–H groups in total. The molecule has 1 saturated heterocycles. The van der Waals surface area contributed by atoms with Gasteiger partial charge in [-0.2, -0.15) is 0 Å². The van der Waals surface area contributed by atoms with Gasteiger partial charge in [-0.25, -0.2) is 0 Å². The highest BCUT2D eigenvalue weighted by Gasteiger charge is 2.35. The number of hydrogen-bond donors (Lipinski definition) is 0. The average molecular weight is 539 g/mol. The molecule has 3 aromatic rings. The largest absolute Gasteiger partial charge is 0.490 e. The van der Waals surface area contributed by atoms with Crippen molar-refractivity contribution in [2.45, 2.75) is 13.5 Å². The lowest BCUT2D eigenvalue weighted by Gasteiger charge is -2.31. The third-order valence-corrected chi connectivity index (χ3v) is 6.80. The maximum Gasteiger partial charge on any atom is 0.265 e. The molecule has 1 fully saturated rings. The van der Waals surface area contributed by atoms with Crippen molar-refractivity contribution in [1.82, 2.24) is 9.80 Å². The fraction of sp³-hybridized carbons (Fsp3) is 0.192. The number of likely N-dealkylation sites (N-methyl/N-ethyl adjacent to an activating group) is 2. The van der Waals surface area contributed by atoms with Gasteiger partial charge in [-0.15, -0.1) is 0 Å². The zero-order valence-corrected chi connectivity index (χ0v) is 21.4. The molecule has 4 rings (SSSR count). The predicted molar refractivity (Wildman–Crippen MR) is 140 cm³/mol. The topological polar surface area (TPSA) is 59.1 Å². The van der Waals surface area contributed by atoms with Gasteiger partial charge in [-0.3, -0.25) is 19.4 Å². The van der Waals surface area contributed by atoms with E-state index < -0.39 is 11.8 Å². The molecule has 0 unspecified atom stereocenters. The Bertz CT molecular complexity index is 1310. The van der Waals surface area contributed by atoms with Gasteiger partial charge in [-0.1, -0.05) is 58.4 Å². The van der Waals surface area contributed by atoms with Gasteiger partial charge in [0.15, 0.2) is 16.6 Å². The number of carbonyl (C=O) groups excluding carboxylic acids is 2. The second kappa shape index (κ2) is 9.95. The van der Waals surface area contributed by atoms with Crippen LogP contribution >= 0.6 is 28.1 Å². The fourth-order valence-electron chi connectivity index (χ4n) is 3.75. The number of thiocarbonyl (C=S) groups is 1. The number of carbonyl (C=O) groups is 2. The Labute approximate surface area is 211 Å². The molecule has 1 aliphatic rings. The van der Waals surface area contributed by atoms with Crippen LogP contribution in [0.1, 0.15) is 18.1 Å². The van der Waals surface area contributed by atoms with E-state index in [9.17, 15) is 9.59 Å². The third-order valence-electron chi connectivity index (χ3n) is 5.57. The van der Waals surface area contributed by atoms with Crippen LogP contribution in [0.5, 0.6) is 11.5 Å². The molecule has 6 nitrogen and oxygen atoms in total. The molecule has 1 aliphatic heterocycles. The van der Waals surface area contributed by atoms with Crippen LogP contribution in [-0.2, 0) is 16.2 Å². The van der Waals surface area contributed by atoms with Crippen molar-refractivity contribution >= 4 is 61.9 Å². The molecule has 0 atom stereocenters. The van der Waals surface area contributed by atoms with E-state index in [0.29, 0.717) is 34.7 Å². The van der Waals surface area contributed by atoms with Crippen molar-refractivity contribution in [3.63, 3.8) is 0 Å². The molecule has 174 valence electrons. The molecule has 2 amide bonds. The quantitative estimate of drug-likeness (QED) is 0.246. The molecular formula is C26H23BrN2O4S. The lowest BCUT2D eigenvalue weighted by molar-refractivity contribution is -0.132. The van der Waals surface area contributed by atoms with E-state index >= 15 is 0 Å². The van der Waals surface area contributed by atoms with Crippen LogP contribution < -0.4 is 9.47 Å². The summed E-state index contributed by atoms with van der Waals surface area (Å²) in [5.74, 6) is 0.176. The van der Waals surface area contributed by atoms with Gasteiger partial charge in [0.2, 0.25) is 0 Å². The molecule has 34 heavy (non-hydrogen) atoms. The molecule has 0 aromatic heterocycles. The molecule has 0 spiro atoms. The number of amides is 2. The fourth-order valence-corrected chi connectivity index (χ4v) is 4.35. The summed E-state index contributed by atoms with van der Waals surface area (Å²) in [5, 5.41) is 2.44. The third kappa shape index (κ3) is 4.56. The summed E-state index contributed by atoms with van der Waals surface area (Å²) in [5.41, 5.74) is 1.70. The van der Waals surface area contributed by atoms with Crippen LogP contribution in [0.3, 0.4) is 0 Å². The number of halogens is 1. The normalized spacial score (nSPS) is 14.1. The Morgan fingerprint density at radius 2 is 1.59 bits per heavy atom. The van der Waals surface area contributed by atoms with Gasteiger partial charge in [-0.05, 0) is 59.2 Å². The number of nitrogens with zero attached hydrogens (tertiary/aromatic N) is 2. The van der Waals surface area contributed by atoms with Crippen LogP contribution in [0.2, 0.25) is 0 Å². The number of ether oxygens (including phenoxy) is 2. The smallest absolute Gasteiger partial charge is 0.265 e. The monoisotopic (exact) mass is 538 g/mol. The zero-order chi connectivity index (χ0) is 24.4. The second-order valence-corrected chi connectivity index (χ2v) is 8.97. The first kappa shape index (κ1) is 23.9. The van der Waals surface area contributed by atoms with E-state index in [2.05, 4.69) is 34.1 Å². The van der Waals surface area contributed by atoms with Crippen LogP contribution in [0.25, 0.3) is 16.8 Å². The minimum absolute atomic E-state index is 0.0196. The highest BCUT2D eigenvalue weighted by Crippen LogP contribution is 2.36. The van der Waals surface area contributed by atoms with E-state index in [1.54, 1.807) is 32.3 Å². The van der Waals surface area contributed by atoms with Crippen molar-refractivity contribution < 1.29 is 19.1 Å². The first-order valence-electron chi connectivity index (χ1n) is 10.7. The van der Waals surface area contributed by atoms with Crippen LogP contribution in [0, 0.1) is 0 Å². The zero-order valence-electron chi connectivity index (χ0n) is 19.0. The van der Waals surface area contributed by atoms with Gasteiger partial charge >= 0.3 is 0 Å². The maximum atomic E-state index is 12.7. The van der Waals surface area contributed by atoms with Crippen LogP contribution in [0.15, 0.2) is 64.6 Å². The van der Waals surface area contributed by atoms with Gasteiger partial charge in [0.1, 0.15) is 12.2 Å². The highest BCUT2D eigenvalue weighted by molar-refractivity contribution is 9.10. The number of benzene rings is 3.